The van der Waals surface area contributed by atoms with Crippen molar-refractivity contribution in [1.82, 2.24) is 15.1 Å². The standard InChI is InChI=1S/C16H19FN4O/c17-13-6-2-3-7-14(13)20-16(22)18-9-10-21-15-8-4-1-5-12(15)11-19-21/h2-3,6-7,11H,1,4-5,8-10H2,(H2,18,20,22). The fraction of sp³-hybridized carbons (Fsp3) is 0.375. The van der Waals surface area contributed by atoms with Crippen LogP contribution in [0.1, 0.15) is 24.1 Å². The van der Waals surface area contributed by atoms with Crippen LogP contribution in [0.2, 0.25) is 0 Å². The van der Waals surface area contributed by atoms with Crippen molar-refractivity contribution < 1.29 is 9.18 Å². The summed E-state index contributed by atoms with van der Waals surface area (Å²) in [6, 6.07) is 5.68. The molecule has 0 radical (unpaired) electrons. The summed E-state index contributed by atoms with van der Waals surface area (Å²) in [5, 5.41) is 9.60. The third-order valence-electron chi connectivity index (χ3n) is 3.88. The lowest BCUT2D eigenvalue weighted by atomic mass is 9.98. The minimum absolute atomic E-state index is 0.177. The van der Waals surface area contributed by atoms with Crippen molar-refractivity contribution in [2.45, 2.75) is 32.2 Å². The first-order chi connectivity index (χ1) is 10.7. The molecule has 1 aliphatic rings. The van der Waals surface area contributed by atoms with Crippen LogP contribution in [0.5, 0.6) is 0 Å². The molecule has 0 atom stereocenters. The number of halogens is 1. The number of carbonyl (C=O) groups excluding carboxylic acids is 1. The number of hydrogen-bond acceptors (Lipinski definition) is 2. The summed E-state index contributed by atoms with van der Waals surface area (Å²) in [4.78, 5) is 11.8. The summed E-state index contributed by atoms with van der Waals surface area (Å²) in [6.07, 6.45) is 6.49. The highest BCUT2D eigenvalue weighted by Gasteiger charge is 2.14. The zero-order valence-electron chi connectivity index (χ0n) is 12.3. The number of aryl methyl sites for hydroxylation is 1. The number of amides is 2. The molecule has 2 N–H and O–H groups in total. The summed E-state index contributed by atoms with van der Waals surface area (Å²) < 4.78 is 15.4. The first kappa shape index (κ1) is 14.6. The van der Waals surface area contributed by atoms with Gasteiger partial charge in [0.15, 0.2) is 0 Å². The number of carbonyl (C=O) groups is 1. The SMILES string of the molecule is O=C(NCCn1ncc2c1CCCC2)Nc1ccccc1F. The second-order valence-corrected chi connectivity index (χ2v) is 5.41. The first-order valence-electron chi connectivity index (χ1n) is 7.57. The van der Waals surface area contributed by atoms with Gasteiger partial charge >= 0.3 is 6.03 Å². The molecule has 0 saturated heterocycles. The highest BCUT2D eigenvalue weighted by atomic mass is 19.1. The molecule has 3 rings (SSSR count). The molecule has 1 aromatic carbocycles. The van der Waals surface area contributed by atoms with Gasteiger partial charge in [0, 0.05) is 12.2 Å². The van der Waals surface area contributed by atoms with Gasteiger partial charge in [-0.25, -0.2) is 9.18 Å². The zero-order valence-corrected chi connectivity index (χ0v) is 12.3. The Morgan fingerprint density at radius 3 is 2.95 bits per heavy atom. The molecule has 0 bridgehead atoms. The molecular weight excluding hydrogens is 283 g/mol. The van der Waals surface area contributed by atoms with Gasteiger partial charge in [0.05, 0.1) is 18.4 Å². The van der Waals surface area contributed by atoms with Crippen molar-refractivity contribution in [2.75, 3.05) is 11.9 Å². The minimum atomic E-state index is -0.446. The lowest BCUT2D eigenvalue weighted by Crippen LogP contribution is -2.32. The van der Waals surface area contributed by atoms with Crippen molar-refractivity contribution in [2.24, 2.45) is 0 Å². The Kier molecular flexibility index (Phi) is 4.37. The summed E-state index contributed by atoms with van der Waals surface area (Å²) in [7, 11) is 0. The molecule has 116 valence electrons. The molecule has 5 nitrogen and oxygen atoms in total. The number of aromatic nitrogens is 2. The van der Waals surface area contributed by atoms with Crippen LogP contribution in [-0.2, 0) is 19.4 Å². The van der Waals surface area contributed by atoms with Gasteiger partial charge in [0.1, 0.15) is 5.82 Å². The van der Waals surface area contributed by atoms with Gasteiger partial charge in [-0.2, -0.15) is 5.10 Å². The van der Waals surface area contributed by atoms with Gasteiger partial charge in [-0.05, 0) is 43.4 Å². The van der Waals surface area contributed by atoms with E-state index in [1.54, 1.807) is 12.1 Å². The van der Waals surface area contributed by atoms with E-state index < -0.39 is 11.8 Å². The highest BCUT2D eigenvalue weighted by Crippen LogP contribution is 2.20. The van der Waals surface area contributed by atoms with Gasteiger partial charge in [0.2, 0.25) is 0 Å². The molecule has 0 aliphatic heterocycles. The number of urea groups is 1. The molecule has 2 aromatic rings. The molecule has 1 aliphatic carbocycles. The normalized spacial score (nSPS) is 13.5. The van der Waals surface area contributed by atoms with Crippen LogP contribution in [0.15, 0.2) is 30.5 Å². The lowest BCUT2D eigenvalue weighted by molar-refractivity contribution is 0.251. The monoisotopic (exact) mass is 302 g/mol. The quantitative estimate of drug-likeness (QED) is 0.912. The molecule has 6 heteroatoms. The Hall–Kier alpha value is -2.37. The van der Waals surface area contributed by atoms with Gasteiger partial charge in [-0.15, -0.1) is 0 Å². The summed E-state index contributed by atoms with van der Waals surface area (Å²) in [5.41, 5.74) is 2.78. The Bertz CT molecular complexity index is 668. The average Bonchev–Trinajstić information content (AvgIpc) is 2.93. The van der Waals surface area contributed by atoms with Gasteiger partial charge in [-0.3, -0.25) is 4.68 Å². The van der Waals surface area contributed by atoms with E-state index in [0.29, 0.717) is 13.1 Å². The van der Waals surface area contributed by atoms with E-state index >= 15 is 0 Å². The van der Waals surface area contributed by atoms with E-state index in [9.17, 15) is 9.18 Å². The zero-order chi connectivity index (χ0) is 15.4. The van der Waals surface area contributed by atoms with E-state index in [1.807, 2.05) is 10.9 Å². The number of nitrogens with zero attached hydrogens (tertiary/aromatic N) is 2. The maximum Gasteiger partial charge on any atom is 0.319 e. The molecule has 0 fully saturated rings. The number of para-hydroxylation sites is 1. The number of rotatable bonds is 4. The topological polar surface area (TPSA) is 59.0 Å². The van der Waals surface area contributed by atoms with Gasteiger partial charge in [0.25, 0.3) is 0 Å². The summed E-state index contributed by atoms with van der Waals surface area (Å²) >= 11 is 0. The molecule has 0 unspecified atom stereocenters. The molecular formula is C16H19FN4O. The fourth-order valence-corrected chi connectivity index (χ4v) is 2.75. The Morgan fingerprint density at radius 2 is 2.09 bits per heavy atom. The van der Waals surface area contributed by atoms with Crippen LogP contribution < -0.4 is 10.6 Å². The van der Waals surface area contributed by atoms with Crippen molar-refractivity contribution >= 4 is 11.7 Å². The van der Waals surface area contributed by atoms with Crippen LogP contribution in [0.3, 0.4) is 0 Å². The minimum Gasteiger partial charge on any atom is -0.336 e. The predicted molar refractivity (Wildman–Crippen MR) is 82.3 cm³/mol. The maximum absolute atomic E-state index is 13.4. The third-order valence-corrected chi connectivity index (χ3v) is 3.88. The summed E-state index contributed by atoms with van der Waals surface area (Å²) in [6.45, 7) is 1.08. The van der Waals surface area contributed by atoms with E-state index in [2.05, 4.69) is 15.7 Å². The molecule has 1 heterocycles. The van der Waals surface area contributed by atoms with E-state index in [1.165, 1.54) is 36.2 Å². The molecule has 0 saturated carbocycles. The highest BCUT2D eigenvalue weighted by molar-refractivity contribution is 5.89. The third kappa shape index (κ3) is 3.27. The first-order valence-corrected chi connectivity index (χ1v) is 7.57. The molecule has 2 amide bonds. The molecule has 0 spiro atoms. The van der Waals surface area contributed by atoms with Crippen LogP contribution >= 0.6 is 0 Å². The summed E-state index contributed by atoms with van der Waals surface area (Å²) in [5.74, 6) is -0.446. The Balaban J connectivity index is 1.50. The van der Waals surface area contributed by atoms with Crippen molar-refractivity contribution in [1.29, 1.82) is 0 Å². The Morgan fingerprint density at radius 1 is 1.27 bits per heavy atom. The number of nitrogens with one attached hydrogen (secondary N) is 2. The van der Waals surface area contributed by atoms with Crippen LogP contribution in [-0.4, -0.2) is 22.4 Å². The fourth-order valence-electron chi connectivity index (χ4n) is 2.75. The predicted octanol–water partition coefficient (Wildman–Crippen LogP) is 2.72. The maximum atomic E-state index is 13.4. The van der Waals surface area contributed by atoms with E-state index in [4.69, 9.17) is 0 Å². The van der Waals surface area contributed by atoms with Gasteiger partial charge < -0.3 is 10.6 Å². The number of fused-ring (bicyclic) bond motifs is 1. The average molecular weight is 302 g/mol. The smallest absolute Gasteiger partial charge is 0.319 e. The van der Waals surface area contributed by atoms with Crippen LogP contribution in [0.25, 0.3) is 0 Å². The Labute approximate surface area is 128 Å². The van der Waals surface area contributed by atoms with Crippen molar-refractivity contribution in [3.05, 3.63) is 47.5 Å². The largest absolute Gasteiger partial charge is 0.336 e. The van der Waals surface area contributed by atoms with Crippen molar-refractivity contribution in [3.63, 3.8) is 0 Å². The number of hydrogen-bond donors (Lipinski definition) is 2. The number of benzene rings is 1. The van der Waals surface area contributed by atoms with E-state index in [-0.39, 0.29) is 5.69 Å². The van der Waals surface area contributed by atoms with Crippen molar-refractivity contribution in [3.8, 4) is 0 Å². The molecule has 22 heavy (non-hydrogen) atoms. The van der Waals surface area contributed by atoms with Gasteiger partial charge in [-0.1, -0.05) is 12.1 Å². The van der Waals surface area contributed by atoms with Crippen LogP contribution in [0.4, 0.5) is 14.9 Å². The van der Waals surface area contributed by atoms with Crippen LogP contribution in [0, 0.1) is 5.82 Å². The number of anilines is 1. The van der Waals surface area contributed by atoms with E-state index in [0.717, 1.165) is 12.8 Å². The second kappa shape index (κ2) is 6.60. The second-order valence-electron chi connectivity index (χ2n) is 5.41. The lowest BCUT2D eigenvalue weighted by Gasteiger charge is -2.14. The molecule has 1 aromatic heterocycles.